The Labute approximate surface area is 184 Å². The van der Waals surface area contributed by atoms with Gasteiger partial charge in [-0.05, 0) is 66.8 Å². The number of amides is 3. The van der Waals surface area contributed by atoms with Crippen LogP contribution in [0.4, 0.5) is 14.9 Å². The summed E-state index contributed by atoms with van der Waals surface area (Å²) in [5.41, 5.74) is 2.65. The largest absolute Gasteiger partial charge is 0.369 e. The van der Waals surface area contributed by atoms with Gasteiger partial charge in [0, 0.05) is 23.1 Å². The number of halogens is 3. The molecule has 0 saturated carbocycles. The van der Waals surface area contributed by atoms with Crippen LogP contribution in [0.2, 0.25) is 10.0 Å². The van der Waals surface area contributed by atoms with Crippen LogP contribution in [-0.4, -0.2) is 29.9 Å². The van der Waals surface area contributed by atoms with Gasteiger partial charge in [0.25, 0.3) is 5.91 Å². The number of carbonyl (C=O) groups is 2. The van der Waals surface area contributed by atoms with E-state index in [-0.39, 0.29) is 18.1 Å². The fraction of sp³-hybridized carbons (Fsp3) is 0.273. The van der Waals surface area contributed by atoms with E-state index >= 15 is 0 Å². The monoisotopic (exact) mass is 447 g/mol. The molecule has 30 heavy (non-hydrogen) atoms. The number of nitrogens with one attached hydrogen (secondary N) is 1. The highest BCUT2D eigenvalue weighted by molar-refractivity contribution is 6.35. The molecule has 4 rings (SSSR count). The Bertz CT molecular complexity index is 1060. The van der Waals surface area contributed by atoms with Gasteiger partial charge in [0.1, 0.15) is 11.5 Å². The summed E-state index contributed by atoms with van der Waals surface area (Å²) in [5, 5.41) is 3.41. The third kappa shape index (κ3) is 4.02. The highest BCUT2D eigenvalue weighted by Crippen LogP contribution is 2.29. The number of nitrogens with zero attached hydrogens (tertiary/aromatic N) is 2. The van der Waals surface area contributed by atoms with Crippen molar-refractivity contribution in [2.24, 2.45) is 0 Å². The summed E-state index contributed by atoms with van der Waals surface area (Å²) in [7, 11) is 0. The SMILES string of the molecule is Cc1cc(N2CCCC2)c(F)cc1C=C1NC(=O)N(Cc2ccc(Cl)cc2Cl)C1=O. The Balaban J connectivity index is 1.58. The first-order valence-corrected chi connectivity index (χ1v) is 10.4. The fourth-order valence-corrected chi connectivity index (χ4v) is 4.20. The number of carbonyl (C=O) groups excluding carboxylic acids is 2. The smallest absolute Gasteiger partial charge is 0.329 e. The molecule has 2 heterocycles. The lowest BCUT2D eigenvalue weighted by Crippen LogP contribution is -2.30. The predicted molar refractivity (Wildman–Crippen MR) is 116 cm³/mol. The lowest BCUT2D eigenvalue weighted by molar-refractivity contribution is -0.123. The van der Waals surface area contributed by atoms with Crippen LogP contribution in [0.15, 0.2) is 36.0 Å². The average molecular weight is 448 g/mol. The lowest BCUT2D eigenvalue weighted by atomic mass is 10.1. The molecule has 2 fully saturated rings. The summed E-state index contributed by atoms with van der Waals surface area (Å²) in [6, 6.07) is 7.52. The molecule has 0 radical (unpaired) electrons. The third-order valence-electron chi connectivity index (χ3n) is 5.39. The summed E-state index contributed by atoms with van der Waals surface area (Å²) in [5.74, 6) is -0.828. The van der Waals surface area contributed by atoms with Crippen LogP contribution in [0.1, 0.15) is 29.5 Å². The second kappa shape index (κ2) is 8.28. The number of anilines is 1. The number of benzene rings is 2. The highest BCUT2D eigenvalue weighted by Gasteiger charge is 2.34. The molecular formula is C22H20Cl2FN3O2. The Morgan fingerprint density at radius 3 is 2.57 bits per heavy atom. The topological polar surface area (TPSA) is 52.7 Å². The van der Waals surface area contributed by atoms with E-state index in [1.165, 1.54) is 12.1 Å². The Hall–Kier alpha value is -2.57. The van der Waals surface area contributed by atoms with Gasteiger partial charge in [-0.3, -0.25) is 9.69 Å². The van der Waals surface area contributed by atoms with Crippen LogP contribution in [0.3, 0.4) is 0 Å². The molecule has 2 aromatic carbocycles. The number of hydrogen-bond donors (Lipinski definition) is 1. The predicted octanol–water partition coefficient (Wildman–Crippen LogP) is 5.13. The molecule has 0 spiro atoms. The van der Waals surface area contributed by atoms with Gasteiger partial charge >= 0.3 is 6.03 Å². The normalized spacial score (nSPS) is 17.9. The van der Waals surface area contributed by atoms with E-state index in [9.17, 15) is 14.0 Å². The first-order valence-electron chi connectivity index (χ1n) is 9.67. The van der Waals surface area contributed by atoms with E-state index in [2.05, 4.69) is 5.32 Å². The van der Waals surface area contributed by atoms with Crippen LogP contribution in [-0.2, 0) is 11.3 Å². The molecule has 0 bridgehead atoms. The quantitative estimate of drug-likeness (QED) is 0.521. The van der Waals surface area contributed by atoms with Crippen molar-refractivity contribution in [2.45, 2.75) is 26.3 Å². The van der Waals surface area contributed by atoms with Gasteiger partial charge in [-0.2, -0.15) is 0 Å². The summed E-state index contributed by atoms with van der Waals surface area (Å²) >= 11 is 12.1. The molecule has 0 aliphatic carbocycles. The maximum Gasteiger partial charge on any atom is 0.329 e. The summed E-state index contributed by atoms with van der Waals surface area (Å²) in [6.45, 7) is 3.55. The van der Waals surface area contributed by atoms with E-state index in [4.69, 9.17) is 23.2 Å². The van der Waals surface area contributed by atoms with Crippen molar-refractivity contribution in [2.75, 3.05) is 18.0 Å². The molecule has 2 aromatic rings. The number of aryl methyl sites for hydroxylation is 1. The van der Waals surface area contributed by atoms with Crippen LogP contribution < -0.4 is 10.2 Å². The van der Waals surface area contributed by atoms with E-state index in [0.717, 1.165) is 36.4 Å². The average Bonchev–Trinajstić information content (AvgIpc) is 3.31. The Morgan fingerprint density at radius 1 is 1.13 bits per heavy atom. The molecule has 8 heteroatoms. The van der Waals surface area contributed by atoms with Crippen molar-refractivity contribution in [3.63, 3.8) is 0 Å². The number of urea groups is 1. The molecule has 1 N–H and O–H groups in total. The first-order chi connectivity index (χ1) is 14.3. The molecule has 2 aliphatic rings. The van der Waals surface area contributed by atoms with Crippen molar-refractivity contribution in [1.82, 2.24) is 10.2 Å². The van der Waals surface area contributed by atoms with Gasteiger partial charge < -0.3 is 10.2 Å². The molecule has 0 aromatic heterocycles. The Morgan fingerprint density at radius 2 is 1.87 bits per heavy atom. The van der Waals surface area contributed by atoms with Gasteiger partial charge in [-0.15, -0.1) is 0 Å². The fourth-order valence-electron chi connectivity index (χ4n) is 3.73. The third-order valence-corrected chi connectivity index (χ3v) is 5.97. The van der Waals surface area contributed by atoms with Crippen molar-refractivity contribution < 1.29 is 14.0 Å². The van der Waals surface area contributed by atoms with E-state index in [0.29, 0.717) is 26.9 Å². The highest BCUT2D eigenvalue weighted by atomic mass is 35.5. The van der Waals surface area contributed by atoms with Crippen molar-refractivity contribution >= 4 is 46.9 Å². The summed E-state index contributed by atoms with van der Waals surface area (Å²) < 4.78 is 14.7. The minimum absolute atomic E-state index is 0.0131. The van der Waals surface area contributed by atoms with Crippen LogP contribution in [0, 0.1) is 12.7 Å². The van der Waals surface area contributed by atoms with Gasteiger partial charge in [0.15, 0.2) is 0 Å². The van der Waals surface area contributed by atoms with Gasteiger partial charge in [-0.1, -0.05) is 29.3 Å². The molecule has 5 nitrogen and oxygen atoms in total. The molecule has 2 saturated heterocycles. The van der Waals surface area contributed by atoms with E-state index < -0.39 is 11.9 Å². The second-order valence-corrected chi connectivity index (χ2v) is 8.31. The molecule has 156 valence electrons. The second-order valence-electron chi connectivity index (χ2n) is 7.47. The lowest BCUT2D eigenvalue weighted by Gasteiger charge is -2.19. The van der Waals surface area contributed by atoms with Gasteiger partial charge in [-0.25, -0.2) is 9.18 Å². The summed E-state index contributed by atoms with van der Waals surface area (Å²) in [4.78, 5) is 28.2. The molecule has 0 unspecified atom stereocenters. The molecule has 3 amide bonds. The minimum Gasteiger partial charge on any atom is -0.369 e. The Kier molecular flexibility index (Phi) is 5.71. The van der Waals surface area contributed by atoms with E-state index in [1.807, 2.05) is 11.8 Å². The van der Waals surface area contributed by atoms with Crippen LogP contribution >= 0.6 is 23.2 Å². The van der Waals surface area contributed by atoms with Gasteiger partial charge in [0.05, 0.1) is 12.2 Å². The number of imide groups is 1. The molecule has 2 aliphatic heterocycles. The molecular weight excluding hydrogens is 428 g/mol. The zero-order chi connectivity index (χ0) is 21.4. The summed E-state index contributed by atoms with van der Waals surface area (Å²) in [6.07, 6.45) is 3.62. The van der Waals surface area contributed by atoms with Gasteiger partial charge in [0.2, 0.25) is 0 Å². The van der Waals surface area contributed by atoms with E-state index in [1.54, 1.807) is 24.3 Å². The first kappa shape index (κ1) is 20.7. The standard InChI is InChI=1S/C22H20Cl2FN3O2/c1-13-8-20(27-6-2-3-7-27)18(25)9-15(13)10-19-21(29)28(22(30)26-19)12-14-4-5-16(23)11-17(14)24/h4-5,8-11H,2-3,6-7,12H2,1H3,(H,26,30). The minimum atomic E-state index is -0.552. The maximum atomic E-state index is 14.7. The molecule has 0 atom stereocenters. The number of rotatable bonds is 4. The zero-order valence-corrected chi connectivity index (χ0v) is 17.9. The van der Waals surface area contributed by atoms with Crippen LogP contribution in [0.25, 0.3) is 6.08 Å². The van der Waals surface area contributed by atoms with Crippen LogP contribution in [0.5, 0.6) is 0 Å². The maximum absolute atomic E-state index is 14.7. The zero-order valence-electron chi connectivity index (χ0n) is 16.3. The van der Waals surface area contributed by atoms with Crippen molar-refractivity contribution in [1.29, 1.82) is 0 Å². The number of hydrogen-bond acceptors (Lipinski definition) is 3. The van der Waals surface area contributed by atoms with Crippen molar-refractivity contribution in [3.05, 3.63) is 68.6 Å². The van der Waals surface area contributed by atoms with Crippen molar-refractivity contribution in [3.8, 4) is 0 Å².